The molecule has 1 saturated heterocycles. The fourth-order valence-electron chi connectivity index (χ4n) is 3.55. The third-order valence-corrected chi connectivity index (χ3v) is 5.89. The van der Waals surface area contributed by atoms with Gasteiger partial charge in [0.25, 0.3) is 11.6 Å². The minimum atomic E-state index is -0.766. The molecule has 1 aliphatic carbocycles. The van der Waals surface area contributed by atoms with Gasteiger partial charge in [0.05, 0.1) is 10.8 Å². The first-order valence-corrected chi connectivity index (χ1v) is 8.95. The van der Waals surface area contributed by atoms with Crippen LogP contribution in [0.5, 0.6) is 0 Å². The van der Waals surface area contributed by atoms with Gasteiger partial charge in [0, 0.05) is 24.1 Å². The van der Waals surface area contributed by atoms with Crippen molar-refractivity contribution in [3.05, 3.63) is 33.9 Å². The van der Waals surface area contributed by atoms with Crippen molar-refractivity contribution in [2.75, 3.05) is 19.3 Å². The average Bonchev–Trinajstić information content (AvgIpc) is 3.28. The molecule has 1 aromatic carbocycles. The van der Waals surface area contributed by atoms with E-state index in [2.05, 4.69) is 0 Å². The Morgan fingerprint density at radius 1 is 1.38 bits per heavy atom. The summed E-state index contributed by atoms with van der Waals surface area (Å²) in [6, 6.07) is 4.56. The van der Waals surface area contributed by atoms with Crippen LogP contribution in [-0.4, -0.2) is 46.2 Å². The number of aliphatic carboxylic acids is 1. The van der Waals surface area contributed by atoms with Crippen LogP contribution in [0.15, 0.2) is 23.1 Å². The van der Waals surface area contributed by atoms with Crippen LogP contribution in [0.1, 0.15) is 29.6 Å². The molecule has 3 rings (SSSR count). The van der Waals surface area contributed by atoms with Gasteiger partial charge in [-0.1, -0.05) is 0 Å². The van der Waals surface area contributed by atoms with Crippen LogP contribution in [0.25, 0.3) is 0 Å². The summed E-state index contributed by atoms with van der Waals surface area (Å²) >= 11 is 1.42. The molecule has 8 heteroatoms. The Hall–Kier alpha value is -2.09. The number of carbonyl (C=O) groups excluding carboxylic acids is 1. The van der Waals surface area contributed by atoms with E-state index < -0.39 is 10.9 Å². The zero-order valence-electron chi connectivity index (χ0n) is 13.2. The number of amides is 1. The number of rotatable bonds is 4. The van der Waals surface area contributed by atoms with E-state index >= 15 is 0 Å². The lowest BCUT2D eigenvalue weighted by Gasteiger charge is -2.32. The lowest BCUT2D eigenvalue weighted by atomic mass is 9.90. The van der Waals surface area contributed by atoms with E-state index in [0.717, 1.165) is 4.90 Å². The quantitative estimate of drug-likeness (QED) is 0.509. The number of nitro benzene ring substituents is 1. The van der Waals surface area contributed by atoms with Crippen molar-refractivity contribution in [3.8, 4) is 0 Å². The Morgan fingerprint density at radius 3 is 2.54 bits per heavy atom. The van der Waals surface area contributed by atoms with Gasteiger partial charge in [0.1, 0.15) is 5.56 Å². The van der Waals surface area contributed by atoms with Gasteiger partial charge >= 0.3 is 5.97 Å². The molecule has 128 valence electrons. The molecule has 1 saturated carbocycles. The van der Waals surface area contributed by atoms with Crippen LogP contribution in [-0.2, 0) is 4.79 Å². The maximum Gasteiger partial charge on any atom is 0.307 e. The molecule has 1 spiro atoms. The van der Waals surface area contributed by atoms with Gasteiger partial charge < -0.3 is 10.0 Å². The number of carbonyl (C=O) groups is 2. The largest absolute Gasteiger partial charge is 0.481 e. The normalized spacial score (nSPS) is 21.5. The molecule has 1 atom stereocenters. The Kier molecular flexibility index (Phi) is 4.25. The molecule has 1 aromatic rings. The van der Waals surface area contributed by atoms with Gasteiger partial charge in [-0.2, -0.15) is 0 Å². The first-order chi connectivity index (χ1) is 11.4. The van der Waals surface area contributed by atoms with E-state index in [1.807, 2.05) is 6.26 Å². The third-order valence-electron chi connectivity index (χ3n) is 5.17. The molecule has 0 bridgehead atoms. The van der Waals surface area contributed by atoms with E-state index in [9.17, 15) is 19.7 Å². The topological polar surface area (TPSA) is 101 Å². The highest BCUT2D eigenvalue weighted by atomic mass is 32.2. The molecule has 1 unspecified atom stereocenters. The number of nitro groups is 1. The second-order valence-corrected chi connectivity index (χ2v) is 7.27. The molecule has 2 aliphatic rings. The summed E-state index contributed by atoms with van der Waals surface area (Å²) in [5.41, 5.74) is -0.253. The number of benzene rings is 1. The molecular weight excluding hydrogens is 332 g/mol. The molecule has 1 N–H and O–H groups in total. The summed E-state index contributed by atoms with van der Waals surface area (Å²) in [4.78, 5) is 36.9. The van der Waals surface area contributed by atoms with E-state index in [1.165, 1.54) is 17.8 Å². The molecule has 7 nitrogen and oxygen atoms in total. The van der Waals surface area contributed by atoms with E-state index in [4.69, 9.17) is 5.11 Å². The zero-order valence-corrected chi connectivity index (χ0v) is 14.0. The lowest BCUT2D eigenvalue weighted by Crippen LogP contribution is -2.40. The highest BCUT2D eigenvalue weighted by Crippen LogP contribution is 2.59. The van der Waals surface area contributed by atoms with Crippen LogP contribution in [0.3, 0.4) is 0 Å². The number of hydrogen-bond donors (Lipinski definition) is 1. The van der Waals surface area contributed by atoms with Gasteiger partial charge in [-0.25, -0.2) is 0 Å². The van der Waals surface area contributed by atoms with Crippen LogP contribution < -0.4 is 0 Å². The zero-order chi connectivity index (χ0) is 17.5. The molecule has 1 aliphatic heterocycles. The van der Waals surface area contributed by atoms with Gasteiger partial charge in [-0.3, -0.25) is 19.7 Å². The molecule has 1 amide bonds. The molecule has 0 aromatic heterocycles. The molecular formula is C16H18N2O5S. The monoisotopic (exact) mass is 350 g/mol. The molecule has 1 heterocycles. The maximum atomic E-state index is 12.7. The first kappa shape index (κ1) is 16.8. The Bertz CT molecular complexity index is 712. The Morgan fingerprint density at radius 2 is 2.04 bits per heavy atom. The van der Waals surface area contributed by atoms with Crippen molar-refractivity contribution in [1.29, 1.82) is 0 Å². The van der Waals surface area contributed by atoms with Gasteiger partial charge in [-0.15, -0.1) is 11.8 Å². The molecule has 24 heavy (non-hydrogen) atoms. The SMILES string of the molecule is CSc1ccc([N+](=O)[O-])c(C(=O)N2CCC3(CC2)CC3C(=O)O)c1. The fraction of sp³-hybridized carbons (Fsp3) is 0.500. The van der Waals surface area contributed by atoms with Crippen molar-refractivity contribution in [1.82, 2.24) is 4.90 Å². The Balaban J connectivity index is 1.76. The van der Waals surface area contributed by atoms with Crippen molar-refractivity contribution < 1.29 is 19.6 Å². The summed E-state index contributed by atoms with van der Waals surface area (Å²) in [7, 11) is 0. The van der Waals surface area contributed by atoms with Crippen molar-refractivity contribution in [3.63, 3.8) is 0 Å². The predicted molar refractivity (Wildman–Crippen MR) is 88.2 cm³/mol. The van der Waals surface area contributed by atoms with Gasteiger partial charge in [0.15, 0.2) is 0 Å². The maximum absolute atomic E-state index is 12.7. The predicted octanol–water partition coefficient (Wildman–Crippen LogP) is 2.64. The van der Waals surface area contributed by atoms with E-state index in [0.29, 0.717) is 32.4 Å². The van der Waals surface area contributed by atoms with Crippen molar-refractivity contribution in [2.24, 2.45) is 11.3 Å². The van der Waals surface area contributed by atoms with E-state index in [-0.39, 0.29) is 28.5 Å². The molecule has 2 fully saturated rings. The van der Waals surface area contributed by atoms with Crippen LogP contribution in [0, 0.1) is 21.4 Å². The smallest absolute Gasteiger partial charge is 0.307 e. The van der Waals surface area contributed by atoms with E-state index in [1.54, 1.807) is 17.0 Å². The van der Waals surface area contributed by atoms with Gasteiger partial charge in [-0.05, 0) is 43.1 Å². The van der Waals surface area contributed by atoms with Crippen LogP contribution in [0.4, 0.5) is 5.69 Å². The second-order valence-electron chi connectivity index (χ2n) is 6.39. The summed E-state index contributed by atoms with van der Waals surface area (Å²) in [5.74, 6) is -1.41. The highest BCUT2D eigenvalue weighted by molar-refractivity contribution is 7.98. The summed E-state index contributed by atoms with van der Waals surface area (Å²) in [5, 5.41) is 20.3. The number of likely N-dealkylation sites (tertiary alicyclic amines) is 1. The standard InChI is InChI=1S/C16H18N2O5S/c1-24-10-2-3-13(18(22)23)11(8-10)14(19)17-6-4-16(5-7-17)9-12(16)15(20)21/h2-3,8,12H,4-7,9H2,1H3,(H,20,21). The van der Waals surface area contributed by atoms with Crippen LogP contribution in [0.2, 0.25) is 0 Å². The van der Waals surface area contributed by atoms with Crippen LogP contribution >= 0.6 is 11.8 Å². The minimum absolute atomic E-state index is 0.105. The van der Waals surface area contributed by atoms with Gasteiger partial charge in [0.2, 0.25) is 0 Å². The Labute approximate surface area is 143 Å². The summed E-state index contributed by atoms with van der Waals surface area (Å²) in [6.45, 7) is 0.895. The number of carboxylic acid groups (broad SMARTS) is 1. The number of hydrogen-bond acceptors (Lipinski definition) is 5. The van der Waals surface area contributed by atoms with Crippen molar-refractivity contribution >= 4 is 29.3 Å². The molecule has 0 radical (unpaired) electrons. The third kappa shape index (κ3) is 2.86. The number of nitrogens with zero attached hydrogens (tertiary/aromatic N) is 2. The summed E-state index contributed by atoms with van der Waals surface area (Å²) in [6.07, 6.45) is 3.81. The average molecular weight is 350 g/mol. The highest BCUT2D eigenvalue weighted by Gasteiger charge is 2.59. The number of carboxylic acids is 1. The van der Waals surface area contributed by atoms with Crippen molar-refractivity contribution in [2.45, 2.75) is 24.2 Å². The summed E-state index contributed by atoms with van der Waals surface area (Å²) < 4.78 is 0. The lowest BCUT2D eigenvalue weighted by molar-refractivity contribution is -0.385. The minimum Gasteiger partial charge on any atom is -0.481 e. The fourth-order valence-corrected chi connectivity index (χ4v) is 3.99. The first-order valence-electron chi connectivity index (χ1n) is 7.72. The number of piperidine rings is 1. The number of thioether (sulfide) groups is 1. The second kappa shape index (κ2) is 6.08.